The maximum Gasteiger partial charge on any atom is 0.251 e. The molecule has 1 aromatic carbocycles. The predicted octanol–water partition coefficient (Wildman–Crippen LogP) is 0.814. The molecule has 82 valence electrons. The smallest absolute Gasteiger partial charge is 0.251 e. The zero-order chi connectivity index (χ0) is 11.5. The van der Waals surface area contributed by atoms with E-state index in [4.69, 9.17) is 5.73 Å². The molecule has 3 N–H and O–H groups in total. The van der Waals surface area contributed by atoms with Gasteiger partial charge < -0.3 is 15.6 Å². The molecule has 0 aliphatic rings. The first-order chi connectivity index (χ1) is 7.72. The second-order valence-electron chi connectivity index (χ2n) is 3.32. The summed E-state index contributed by atoms with van der Waals surface area (Å²) in [5.41, 5.74) is 7.76. The number of nitrogen functional groups attached to an aromatic ring is 1. The van der Waals surface area contributed by atoms with Crippen molar-refractivity contribution in [1.29, 1.82) is 0 Å². The van der Waals surface area contributed by atoms with Gasteiger partial charge in [-0.1, -0.05) is 0 Å². The zero-order valence-electron chi connectivity index (χ0n) is 8.84. The number of nitrogens with one attached hydrogen (secondary N) is 1. The summed E-state index contributed by atoms with van der Waals surface area (Å²) in [5, 5.41) is 2.57. The van der Waals surface area contributed by atoms with Crippen LogP contribution in [0.1, 0.15) is 10.4 Å². The van der Waals surface area contributed by atoms with Crippen LogP contribution in [0.15, 0.2) is 36.9 Å². The third-order valence-corrected chi connectivity index (χ3v) is 2.30. The molecule has 0 unspecified atom stereocenters. The van der Waals surface area contributed by atoms with Crippen molar-refractivity contribution in [3.63, 3.8) is 0 Å². The van der Waals surface area contributed by atoms with Crippen LogP contribution in [0.5, 0.6) is 0 Å². The minimum atomic E-state index is -0.138. The molecule has 0 fully saturated rings. The van der Waals surface area contributed by atoms with Gasteiger partial charge in [0.1, 0.15) is 0 Å². The Labute approximate surface area is 92.9 Å². The van der Waals surface area contributed by atoms with E-state index in [9.17, 15) is 4.79 Å². The first-order valence-electron chi connectivity index (χ1n) is 4.82. The van der Waals surface area contributed by atoms with Crippen LogP contribution in [0.2, 0.25) is 0 Å². The second kappa shape index (κ2) is 4.06. The van der Waals surface area contributed by atoms with Gasteiger partial charge in [0.25, 0.3) is 5.91 Å². The molecule has 0 radical (unpaired) electrons. The van der Waals surface area contributed by atoms with Gasteiger partial charge in [-0.2, -0.15) is 0 Å². The number of benzene rings is 1. The molecule has 1 aromatic heterocycles. The summed E-state index contributed by atoms with van der Waals surface area (Å²) in [4.78, 5) is 15.4. The van der Waals surface area contributed by atoms with Crippen LogP contribution in [-0.4, -0.2) is 22.5 Å². The summed E-state index contributed by atoms with van der Waals surface area (Å²) in [5.74, 6) is -0.138. The third-order valence-electron chi connectivity index (χ3n) is 2.30. The summed E-state index contributed by atoms with van der Waals surface area (Å²) < 4.78 is 1.77. The van der Waals surface area contributed by atoms with E-state index < -0.39 is 0 Å². The monoisotopic (exact) mass is 216 g/mol. The van der Waals surface area contributed by atoms with E-state index in [2.05, 4.69) is 10.3 Å². The van der Waals surface area contributed by atoms with Crippen molar-refractivity contribution in [3.05, 3.63) is 42.5 Å². The van der Waals surface area contributed by atoms with Gasteiger partial charge in [-0.3, -0.25) is 4.79 Å². The number of amides is 1. The van der Waals surface area contributed by atoms with E-state index in [1.807, 2.05) is 0 Å². The van der Waals surface area contributed by atoms with Crippen LogP contribution >= 0.6 is 0 Å². The van der Waals surface area contributed by atoms with E-state index in [-0.39, 0.29) is 5.91 Å². The summed E-state index contributed by atoms with van der Waals surface area (Å²) in [6, 6.07) is 5.13. The van der Waals surface area contributed by atoms with E-state index in [1.165, 1.54) is 0 Å². The largest absolute Gasteiger partial charge is 0.397 e. The lowest BCUT2D eigenvalue weighted by Crippen LogP contribution is -2.18. The minimum Gasteiger partial charge on any atom is -0.397 e. The van der Waals surface area contributed by atoms with Gasteiger partial charge in [-0.25, -0.2) is 4.98 Å². The van der Waals surface area contributed by atoms with Crippen molar-refractivity contribution < 1.29 is 4.79 Å². The molecule has 0 saturated heterocycles. The molecule has 0 spiro atoms. The summed E-state index contributed by atoms with van der Waals surface area (Å²) >= 11 is 0. The highest BCUT2D eigenvalue weighted by Gasteiger charge is 2.07. The van der Waals surface area contributed by atoms with E-state index in [1.54, 1.807) is 48.5 Å². The van der Waals surface area contributed by atoms with Crippen LogP contribution in [0.3, 0.4) is 0 Å². The van der Waals surface area contributed by atoms with Gasteiger partial charge in [0, 0.05) is 25.0 Å². The molecule has 5 nitrogen and oxygen atoms in total. The minimum absolute atomic E-state index is 0.138. The molecular formula is C11H12N4O. The fraction of sp³-hybridized carbons (Fsp3) is 0.0909. The molecule has 0 atom stereocenters. The molecule has 2 rings (SSSR count). The molecule has 0 aliphatic heterocycles. The number of nitrogens with zero attached hydrogens (tertiary/aromatic N) is 2. The molecule has 0 saturated carbocycles. The number of hydrogen-bond acceptors (Lipinski definition) is 3. The zero-order valence-corrected chi connectivity index (χ0v) is 8.84. The van der Waals surface area contributed by atoms with Crippen molar-refractivity contribution in [3.8, 4) is 5.69 Å². The number of anilines is 1. The van der Waals surface area contributed by atoms with Crippen LogP contribution in [0.4, 0.5) is 5.69 Å². The van der Waals surface area contributed by atoms with Crippen molar-refractivity contribution >= 4 is 11.6 Å². The number of imidazole rings is 1. The van der Waals surface area contributed by atoms with Crippen molar-refractivity contribution in [1.82, 2.24) is 14.9 Å². The van der Waals surface area contributed by atoms with Crippen molar-refractivity contribution in [2.75, 3.05) is 12.8 Å². The normalized spacial score (nSPS) is 10.1. The number of carbonyl (C=O) groups excluding carboxylic acids is 1. The summed E-state index contributed by atoms with van der Waals surface area (Å²) in [6.45, 7) is 0. The highest BCUT2D eigenvalue weighted by atomic mass is 16.1. The lowest BCUT2D eigenvalue weighted by atomic mass is 10.1. The van der Waals surface area contributed by atoms with E-state index in [0.717, 1.165) is 5.69 Å². The Hall–Kier alpha value is -2.30. The molecule has 0 bridgehead atoms. The maximum atomic E-state index is 11.5. The summed E-state index contributed by atoms with van der Waals surface area (Å²) in [7, 11) is 1.59. The first-order valence-corrected chi connectivity index (χ1v) is 4.82. The Morgan fingerprint density at radius 3 is 2.94 bits per heavy atom. The van der Waals surface area contributed by atoms with E-state index in [0.29, 0.717) is 11.3 Å². The predicted molar refractivity (Wildman–Crippen MR) is 61.4 cm³/mol. The van der Waals surface area contributed by atoms with Crippen molar-refractivity contribution in [2.45, 2.75) is 0 Å². The SMILES string of the molecule is CNC(=O)c1ccc(N)c(-n2ccnc2)c1. The van der Waals surface area contributed by atoms with Gasteiger partial charge >= 0.3 is 0 Å². The molecule has 1 amide bonds. The molecule has 2 aromatic rings. The first kappa shape index (κ1) is 10.2. The van der Waals surface area contributed by atoms with Crippen LogP contribution < -0.4 is 11.1 Å². The number of rotatable bonds is 2. The fourth-order valence-electron chi connectivity index (χ4n) is 1.45. The lowest BCUT2D eigenvalue weighted by Gasteiger charge is -2.08. The molecule has 16 heavy (non-hydrogen) atoms. The van der Waals surface area contributed by atoms with Gasteiger partial charge in [0.15, 0.2) is 0 Å². The Bertz CT molecular complexity index is 505. The highest BCUT2D eigenvalue weighted by molar-refractivity contribution is 5.95. The van der Waals surface area contributed by atoms with Gasteiger partial charge in [-0.15, -0.1) is 0 Å². The van der Waals surface area contributed by atoms with Crippen LogP contribution in [0, 0.1) is 0 Å². The number of hydrogen-bond donors (Lipinski definition) is 2. The molecule has 5 heteroatoms. The van der Waals surface area contributed by atoms with Crippen LogP contribution in [-0.2, 0) is 0 Å². The van der Waals surface area contributed by atoms with Crippen LogP contribution in [0.25, 0.3) is 5.69 Å². The molecule has 1 heterocycles. The Morgan fingerprint density at radius 2 is 2.31 bits per heavy atom. The Morgan fingerprint density at radius 1 is 1.50 bits per heavy atom. The average Bonchev–Trinajstić information content (AvgIpc) is 2.82. The number of nitrogens with two attached hydrogens (primary N) is 1. The van der Waals surface area contributed by atoms with E-state index >= 15 is 0 Å². The van der Waals surface area contributed by atoms with Gasteiger partial charge in [0.2, 0.25) is 0 Å². The molecule has 0 aliphatic carbocycles. The van der Waals surface area contributed by atoms with Gasteiger partial charge in [0.05, 0.1) is 17.7 Å². The third kappa shape index (κ3) is 1.75. The number of aromatic nitrogens is 2. The second-order valence-corrected chi connectivity index (χ2v) is 3.32. The average molecular weight is 216 g/mol. The fourth-order valence-corrected chi connectivity index (χ4v) is 1.45. The Kier molecular flexibility index (Phi) is 2.59. The summed E-state index contributed by atoms with van der Waals surface area (Å²) in [6.07, 6.45) is 5.07. The Balaban J connectivity index is 2.49. The maximum absolute atomic E-state index is 11.5. The lowest BCUT2D eigenvalue weighted by molar-refractivity contribution is 0.0963. The van der Waals surface area contributed by atoms with Crippen molar-refractivity contribution in [2.24, 2.45) is 0 Å². The van der Waals surface area contributed by atoms with Gasteiger partial charge in [-0.05, 0) is 18.2 Å². The topological polar surface area (TPSA) is 72.9 Å². The highest BCUT2D eigenvalue weighted by Crippen LogP contribution is 2.18. The standard InChI is InChI=1S/C11H12N4O/c1-13-11(16)8-2-3-9(12)10(6-8)15-5-4-14-7-15/h2-7H,12H2,1H3,(H,13,16). The molecular weight excluding hydrogens is 204 g/mol. The number of carbonyl (C=O) groups is 1. The quantitative estimate of drug-likeness (QED) is 0.730.